The lowest BCUT2D eigenvalue weighted by molar-refractivity contribution is 0.0961. The van der Waals surface area contributed by atoms with Crippen LogP contribution in [0.2, 0.25) is 0 Å². The van der Waals surface area contributed by atoms with Crippen molar-refractivity contribution in [2.45, 2.75) is 19.4 Å². The maximum atomic E-state index is 14.1. The van der Waals surface area contributed by atoms with E-state index in [1.54, 1.807) is 55.5 Å². The number of rotatable bonds is 7. The first kappa shape index (κ1) is 20.1. The monoisotopic (exact) mass is 388 g/mol. The third-order valence-electron chi connectivity index (χ3n) is 4.81. The van der Waals surface area contributed by atoms with Crippen LogP contribution in [0.3, 0.4) is 0 Å². The number of ketones is 1. The Bertz CT molecular complexity index is 1060. The Labute approximate surface area is 169 Å². The maximum Gasteiger partial charge on any atom is 0.173 e. The van der Waals surface area contributed by atoms with E-state index in [4.69, 9.17) is 10.00 Å². The summed E-state index contributed by atoms with van der Waals surface area (Å²) >= 11 is 0. The van der Waals surface area contributed by atoms with Crippen LogP contribution in [0.1, 0.15) is 39.9 Å². The van der Waals surface area contributed by atoms with Crippen LogP contribution in [0.5, 0.6) is 5.75 Å². The molecule has 3 aromatic rings. The number of nitriles is 1. The van der Waals surface area contributed by atoms with Crippen LogP contribution in [0.15, 0.2) is 66.7 Å². The molecule has 0 bridgehead atoms. The fraction of sp³-hybridized carbons (Fsp3) is 0.167. The second-order valence-electron chi connectivity index (χ2n) is 6.68. The third kappa shape index (κ3) is 4.61. The molecule has 0 unspecified atom stereocenters. The Morgan fingerprint density at radius 1 is 1.14 bits per heavy atom. The lowest BCUT2D eigenvalue weighted by atomic mass is 9.91. The SMILES string of the molecule is COc1cc(NCc2ccc(C#N)cc2)ccc1C(=O)[C@@H](C)c1ccccc1F. The fourth-order valence-corrected chi connectivity index (χ4v) is 3.11. The van der Waals surface area contributed by atoms with Gasteiger partial charge in [-0.25, -0.2) is 4.39 Å². The molecule has 29 heavy (non-hydrogen) atoms. The first-order valence-electron chi connectivity index (χ1n) is 9.23. The molecule has 0 aliphatic rings. The van der Waals surface area contributed by atoms with E-state index in [2.05, 4.69) is 11.4 Å². The number of nitrogens with one attached hydrogen (secondary N) is 1. The average molecular weight is 388 g/mol. The minimum atomic E-state index is -0.623. The van der Waals surface area contributed by atoms with E-state index in [0.29, 0.717) is 29.0 Å². The zero-order valence-corrected chi connectivity index (χ0v) is 16.3. The van der Waals surface area contributed by atoms with Crippen molar-refractivity contribution in [3.63, 3.8) is 0 Å². The molecule has 0 aliphatic heterocycles. The predicted molar refractivity (Wildman–Crippen MR) is 111 cm³/mol. The van der Waals surface area contributed by atoms with Crippen LogP contribution < -0.4 is 10.1 Å². The Hall–Kier alpha value is -3.65. The number of anilines is 1. The summed E-state index contributed by atoms with van der Waals surface area (Å²) in [6.07, 6.45) is 0. The Balaban J connectivity index is 1.76. The molecule has 5 heteroatoms. The van der Waals surface area contributed by atoms with Gasteiger partial charge >= 0.3 is 0 Å². The predicted octanol–water partition coefficient (Wildman–Crippen LogP) is 5.30. The van der Waals surface area contributed by atoms with Crippen LogP contribution >= 0.6 is 0 Å². The van der Waals surface area contributed by atoms with Gasteiger partial charge in [-0.15, -0.1) is 0 Å². The molecule has 1 N–H and O–H groups in total. The summed E-state index contributed by atoms with van der Waals surface area (Å²) in [5.41, 5.74) is 3.20. The number of methoxy groups -OCH3 is 1. The number of ether oxygens (including phenoxy) is 1. The van der Waals surface area contributed by atoms with Crippen LogP contribution in [-0.2, 0) is 6.54 Å². The van der Waals surface area contributed by atoms with E-state index >= 15 is 0 Å². The summed E-state index contributed by atoms with van der Waals surface area (Å²) in [4.78, 5) is 12.9. The minimum absolute atomic E-state index is 0.203. The fourth-order valence-electron chi connectivity index (χ4n) is 3.11. The Kier molecular flexibility index (Phi) is 6.25. The summed E-state index contributed by atoms with van der Waals surface area (Å²) in [5, 5.41) is 12.1. The number of carbonyl (C=O) groups is 1. The van der Waals surface area contributed by atoms with Crippen LogP contribution in [-0.4, -0.2) is 12.9 Å². The Morgan fingerprint density at radius 2 is 1.86 bits per heavy atom. The molecular formula is C24H21FN2O2. The number of Topliss-reactive ketones (excluding diaryl/α,β-unsaturated/α-hetero) is 1. The average Bonchev–Trinajstić information content (AvgIpc) is 2.77. The van der Waals surface area contributed by atoms with E-state index in [1.165, 1.54) is 13.2 Å². The topological polar surface area (TPSA) is 62.1 Å². The second kappa shape index (κ2) is 9.03. The molecule has 0 saturated carbocycles. The highest BCUT2D eigenvalue weighted by Gasteiger charge is 2.23. The first-order valence-corrected chi connectivity index (χ1v) is 9.23. The Morgan fingerprint density at radius 3 is 2.52 bits per heavy atom. The van der Waals surface area contributed by atoms with Crippen molar-refractivity contribution < 1.29 is 13.9 Å². The van der Waals surface area contributed by atoms with Crippen molar-refractivity contribution in [3.8, 4) is 11.8 Å². The molecule has 3 aromatic carbocycles. The number of hydrogen-bond acceptors (Lipinski definition) is 4. The summed E-state index contributed by atoms with van der Waals surface area (Å²) in [6.45, 7) is 2.25. The molecule has 146 valence electrons. The number of halogens is 1. The molecule has 0 aromatic heterocycles. The van der Waals surface area contributed by atoms with Gasteiger partial charge < -0.3 is 10.1 Å². The van der Waals surface area contributed by atoms with Gasteiger partial charge in [0.25, 0.3) is 0 Å². The molecule has 4 nitrogen and oxygen atoms in total. The maximum absolute atomic E-state index is 14.1. The van der Waals surface area contributed by atoms with E-state index in [-0.39, 0.29) is 5.78 Å². The molecule has 0 amide bonds. The van der Waals surface area contributed by atoms with Crippen molar-refractivity contribution in [3.05, 3.63) is 94.8 Å². The van der Waals surface area contributed by atoms with E-state index < -0.39 is 11.7 Å². The number of nitrogens with zero attached hydrogens (tertiary/aromatic N) is 1. The minimum Gasteiger partial charge on any atom is -0.496 e. The molecule has 0 aliphatic carbocycles. The van der Waals surface area contributed by atoms with E-state index in [0.717, 1.165) is 11.3 Å². The highest BCUT2D eigenvalue weighted by atomic mass is 19.1. The standard InChI is InChI=1S/C24H21FN2O2/c1-16(20-5-3-4-6-22(20)25)24(28)21-12-11-19(13-23(21)29-2)27-15-18-9-7-17(14-26)8-10-18/h3-13,16,27H,15H2,1-2H3/t16-/m0/s1. The van der Waals surface area contributed by atoms with Crippen LogP contribution in [0.25, 0.3) is 0 Å². The highest BCUT2D eigenvalue weighted by molar-refractivity contribution is 6.03. The molecule has 0 spiro atoms. The van der Waals surface area contributed by atoms with Gasteiger partial charge in [0, 0.05) is 24.2 Å². The summed E-state index contributed by atoms with van der Waals surface area (Å²) in [5.74, 6) is -0.788. The molecule has 0 heterocycles. The highest BCUT2D eigenvalue weighted by Crippen LogP contribution is 2.30. The van der Waals surface area contributed by atoms with Gasteiger partial charge in [-0.05, 0) is 41.5 Å². The van der Waals surface area contributed by atoms with Gasteiger partial charge in [0.05, 0.1) is 24.3 Å². The van der Waals surface area contributed by atoms with Gasteiger partial charge in [0.15, 0.2) is 5.78 Å². The molecule has 1 atom stereocenters. The largest absolute Gasteiger partial charge is 0.496 e. The van der Waals surface area contributed by atoms with Gasteiger partial charge in [-0.3, -0.25) is 4.79 Å². The number of benzene rings is 3. The van der Waals surface area contributed by atoms with Crippen LogP contribution in [0.4, 0.5) is 10.1 Å². The zero-order valence-electron chi connectivity index (χ0n) is 16.3. The third-order valence-corrected chi connectivity index (χ3v) is 4.81. The van der Waals surface area contributed by atoms with Gasteiger partial charge in [0.1, 0.15) is 11.6 Å². The van der Waals surface area contributed by atoms with Crippen molar-refractivity contribution in [2.24, 2.45) is 0 Å². The van der Waals surface area contributed by atoms with Crippen molar-refractivity contribution in [1.29, 1.82) is 5.26 Å². The number of hydrogen-bond donors (Lipinski definition) is 1. The van der Waals surface area contributed by atoms with Crippen LogP contribution in [0, 0.1) is 17.1 Å². The summed E-state index contributed by atoms with van der Waals surface area (Å²) in [6, 6.07) is 20.9. The van der Waals surface area contributed by atoms with Gasteiger partial charge in [-0.2, -0.15) is 5.26 Å². The molecular weight excluding hydrogens is 367 g/mol. The summed E-state index contributed by atoms with van der Waals surface area (Å²) in [7, 11) is 1.50. The lowest BCUT2D eigenvalue weighted by Gasteiger charge is -2.16. The lowest BCUT2D eigenvalue weighted by Crippen LogP contribution is -2.13. The first-order chi connectivity index (χ1) is 14.0. The van der Waals surface area contributed by atoms with Crippen molar-refractivity contribution in [2.75, 3.05) is 12.4 Å². The van der Waals surface area contributed by atoms with Crippen molar-refractivity contribution >= 4 is 11.5 Å². The quantitative estimate of drug-likeness (QED) is 0.558. The second-order valence-corrected chi connectivity index (χ2v) is 6.68. The molecule has 0 saturated heterocycles. The van der Waals surface area contributed by atoms with E-state index in [9.17, 15) is 9.18 Å². The van der Waals surface area contributed by atoms with Crippen molar-refractivity contribution in [1.82, 2.24) is 0 Å². The van der Waals surface area contributed by atoms with E-state index in [1.807, 2.05) is 12.1 Å². The smallest absolute Gasteiger partial charge is 0.173 e. The molecule has 0 fully saturated rings. The zero-order chi connectivity index (χ0) is 20.8. The normalized spacial score (nSPS) is 11.4. The summed E-state index contributed by atoms with van der Waals surface area (Å²) < 4.78 is 19.5. The van der Waals surface area contributed by atoms with Gasteiger partial charge in [0.2, 0.25) is 0 Å². The molecule has 0 radical (unpaired) electrons. The molecule has 3 rings (SSSR count). The number of carbonyl (C=O) groups excluding carboxylic acids is 1. The van der Waals surface area contributed by atoms with Gasteiger partial charge in [-0.1, -0.05) is 37.3 Å².